The van der Waals surface area contributed by atoms with Crippen molar-refractivity contribution in [3.63, 3.8) is 0 Å². The van der Waals surface area contributed by atoms with E-state index in [1.807, 2.05) is 31.2 Å². The number of rotatable bonds is 3. The Labute approximate surface area is 114 Å². The molecule has 0 radical (unpaired) electrons. The fourth-order valence-corrected chi connectivity index (χ4v) is 2.18. The van der Waals surface area contributed by atoms with E-state index in [9.17, 15) is 0 Å². The van der Waals surface area contributed by atoms with Crippen molar-refractivity contribution in [2.75, 3.05) is 7.11 Å². The number of halogens is 1. The molecular formula is C13H14BrN3O. The largest absolute Gasteiger partial charge is 0.480 e. The number of methoxy groups -OCH3 is 1. The second kappa shape index (κ2) is 5.04. The highest BCUT2D eigenvalue weighted by Gasteiger charge is 2.29. The molecule has 1 aromatic heterocycles. The van der Waals surface area contributed by atoms with Crippen LogP contribution in [0.2, 0.25) is 0 Å². The summed E-state index contributed by atoms with van der Waals surface area (Å²) in [7, 11) is 1.56. The van der Waals surface area contributed by atoms with Gasteiger partial charge in [0, 0.05) is 16.9 Å². The highest BCUT2D eigenvalue weighted by molar-refractivity contribution is 9.10. The van der Waals surface area contributed by atoms with Crippen LogP contribution >= 0.6 is 15.9 Å². The Bertz CT molecular complexity index is 557. The average molecular weight is 308 g/mol. The third kappa shape index (κ3) is 2.37. The highest BCUT2D eigenvalue weighted by Crippen LogP contribution is 2.31. The topological polar surface area (TPSA) is 61.0 Å². The van der Waals surface area contributed by atoms with Crippen LogP contribution < -0.4 is 10.5 Å². The molecule has 0 fully saturated rings. The molecule has 2 aromatic rings. The van der Waals surface area contributed by atoms with Crippen LogP contribution in [0, 0.1) is 0 Å². The molecule has 0 amide bonds. The molecule has 1 atom stereocenters. The molecule has 0 spiro atoms. The molecule has 4 nitrogen and oxygen atoms in total. The van der Waals surface area contributed by atoms with Crippen molar-refractivity contribution in [2.45, 2.75) is 12.5 Å². The van der Waals surface area contributed by atoms with E-state index in [0.717, 1.165) is 10.0 Å². The van der Waals surface area contributed by atoms with Gasteiger partial charge in [-0.15, -0.1) is 0 Å². The first-order valence-electron chi connectivity index (χ1n) is 5.46. The molecule has 1 heterocycles. The van der Waals surface area contributed by atoms with E-state index >= 15 is 0 Å². The van der Waals surface area contributed by atoms with Crippen molar-refractivity contribution < 1.29 is 4.74 Å². The van der Waals surface area contributed by atoms with E-state index in [0.29, 0.717) is 11.6 Å². The molecule has 1 unspecified atom stereocenters. The second-order valence-electron chi connectivity index (χ2n) is 4.13. The Morgan fingerprint density at radius 2 is 2.00 bits per heavy atom. The predicted molar refractivity (Wildman–Crippen MR) is 73.4 cm³/mol. The molecule has 94 valence electrons. The molecular weight excluding hydrogens is 294 g/mol. The lowest BCUT2D eigenvalue weighted by Gasteiger charge is -2.25. The third-order valence-corrected chi connectivity index (χ3v) is 3.27. The van der Waals surface area contributed by atoms with Crippen LogP contribution in [0.15, 0.2) is 41.1 Å². The van der Waals surface area contributed by atoms with Gasteiger partial charge in [-0.25, -0.2) is 4.98 Å². The van der Waals surface area contributed by atoms with Crippen molar-refractivity contribution in [3.05, 3.63) is 52.4 Å². The van der Waals surface area contributed by atoms with E-state index in [4.69, 9.17) is 10.5 Å². The van der Waals surface area contributed by atoms with Crippen LogP contribution in [0.25, 0.3) is 0 Å². The number of nitrogens with two attached hydrogens (primary N) is 1. The van der Waals surface area contributed by atoms with Gasteiger partial charge in [0.05, 0.1) is 12.6 Å². The van der Waals surface area contributed by atoms with Gasteiger partial charge in [-0.2, -0.15) is 0 Å². The number of nitrogens with zero attached hydrogens (tertiary/aromatic N) is 2. The van der Waals surface area contributed by atoms with Crippen molar-refractivity contribution in [1.29, 1.82) is 0 Å². The van der Waals surface area contributed by atoms with Crippen molar-refractivity contribution in [3.8, 4) is 5.88 Å². The molecule has 5 heteroatoms. The van der Waals surface area contributed by atoms with Crippen LogP contribution in [-0.2, 0) is 5.54 Å². The lowest BCUT2D eigenvalue weighted by Crippen LogP contribution is -2.36. The lowest BCUT2D eigenvalue weighted by molar-refractivity contribution is 0.376. The average Bonchev–Trinajstić information content (AvgIpc) is 2.38. The van der Waals surface area contributed by atoms with E-state index in [1.54, 1.807) is 19.5 Å². The van der Waals surface area contributed by atoms with Crippen molar-refractivity contribution in [1.82, 2.24) is 9.97 Å². The van der Waals surface area contributed by atoms with Crippen LogP contribution in [0.1, 0.15) is 18.2 Å². The fraction of sp³-hybridized carbons (Fsp3) is 0.231. The zero-order chi connectivity index (χ0) is 13.2. The van der Waals surface area contributed by atoms with Gasteiger partial charge in [-0.1, -0.05) is 28.1 Å². The van der Waals surface area contributed by atoms with Gasteiger partial charge in [0.1, 0.15) is 5.69 Å². The Balaban J connectivity index is 2.54. The molecule has 0 saturated carbocycles. The number of aromatic nitrogens is 2. The molecule has 0 aliphatic heterocycles. The fourth-order valence-electron chi connectivity index (χ4n) is 1.78. The summed E-state index contributed by atoms with van der Waals surface area (Å²) in [6, 6.07) is 7.81. The van der Waals surface area contributed by atoms with Crippen LogP contribution in [0.3, 0.4) is 0 Å². The standard InChI is InChI=1S/C13H14BrN3O/c1-13(15,9-4-3-5-10(14)8-9)11-12(18-2)17-7-6-16-11/h3-8H,15H2,1-2H3. The number of ether oxygens (including phenoxy) is 1. The van der Waals surface area contributed by atoms with Gasteiger partial charge < -0.3 is 10.5 Å². The van der Waals surface area contributed by atoms with E-state index in [2.05, 4.69) is 25.9 Å². The van der Waals surface area contributed by atoms with E-state index in [-0.39, 0.29) is 0 Å². The molecule has 2 N–H and O–H groups in total. The number of hydrogen-bond acceptors (Lipinski definition) is 4. The monoisotopic (exact) mass is 307 g/mol. The van der Waals surface area contributed by atoms with Crippen molar-refractivity contribution >= 4 is 15.9 Å². The molecule has 2 rings (SSSR count). The van der Waals surface area contributed by atoms with Crippen molar-refractivity contribution in [2.24, 2.45) is 5.73 Å². The smallest absolute Gasteiger partial charge is 0.237 e. The molecule has 1 aromatic carbocycles. The number of benzene rings is 1. The first-order chi connectivity index (χ1) is 8.55. The summed E-state index contributed by atoms with van der Waals surface area (Å²) >= 11 is 3.44. The van der Waals surface area contributed by atoms with Crippen LogP contribution in [0.4, 0.5) is 0 Å². The first-order valence-corrected chi connectivity index (χ1v) is 6.25. The zero-order valence-corrected chi connectivity index (χ0v) is 11.8. The third-order valence-electron chi connectivity index (χ3n) is 2.77. The Morgan fingerprint density at radius 3 is 2.67 bits per heavy atom. The second-order valence-corrected chi connectivity index (χ2v) is 5.04. The minimum Gasteiger partial charge on any atom is -0.480 e. The normalized spacial score (nSPS) is 14.0. The minimum absolute atomic E-state index is 0.447. The summed E-state index contributed by atoms with van der Waals surface area (Å²) in [5.74, 6) is 0.447. The van der Waals surface area contributed by atoms with Gasteiger partial charge in [0.2, 0.25) is 5.88 Å². The van der Waals surface area contributed by atoms with Crippen LogP contribution in [0.5, 0.6) is 5.88 Å². The summed E-state index contributed by atoms with van der Waals surface area (Å²) in [5, 5.41) is 0. The summed E-state index contributed by atoms with van der Waals surface area (Å²) in [4.78, 5) is 8.43. The van der Waals surface area contributed by atoms with E-state index < -0.39 is 5.54 Å². The van der Waals surface area contributed by atoms with Crippen LogP contribution in [-0.4, -0.2) is 17.1 Å². The maximum absolute atomic E-state index is 6.40. The summed E-state index contributed by atoms with van der Waals surface area (Å²) in [5.41, 5.74) is 7.20. The highest BCUT2D eigenvalue weighted by atomic mass is 79.9. The van der Waals surface area contributed by atoms with Gasteiger partial charge in [-0.05, 0) is 24.6 Å². The Kier molecular flexibility index (Phi) is 3.63. The molecule has 0 saturated heterocycles. The Hall–Kier alpha value is -1.46. The summed E-state index contributed by atoms with van der Waals surface area (Å²) < 4.78 is 6.19. The number of hydrogen-bond donors (Lipinski definition) is 1. The summed E-state index contributed by atoms with van der Waals surface area (Å²) in [6.45, 7) is 1.89. The molecule has 0 aliphatic rings. The maximum atomic E-state index is 6.40. The molecule has 18 heavy (non-hydrogen) atoms. The van der Waals surface area contributed by atoms with Gasteiger partial charge >= 0.3 is 0 Å². The zero-order valence-electron chi connectivity index (χ0n) is 10.2. The first kappa shape index (κ1) is 13.0. The maximum Gasteiger partial charge on any atom is 0.237 e. The minimum atomic E-state index is -0.761. The summed E-state index contributed by atoms with van der Waals surface area (Å²) in [6.07, 6.45) is 3.19. The van der Waals surface area contributed by atoms with E-state index in [1.165, 1.54) is 0 Å². The SMILES string of the molecule is COc1nccnc1C(C)(N)c1cccc(Br)c1. The van der Waals surface area contributed by atoms with Gasteiger partial charge in [0.15, 0.2) is 0 Å². The quantitative estimate of drug-likeness (QED) is 0.946. The molecule has 0 aliphatic carbocycles. The predicted octanol–water partition coefficient (Wildman–Crippen LogP) is 2.47. The molecule has 0 bridgehead atoms. The van der Waals surface area contributed by atoms with Gasteiger partial charge in [0.25, 0.3) is 0 Å². The lowest BCUT2D eigenvalue weighted by atomic mass is 9.89. The van der Waals surface area contributed by atoms with Gasteiger partial charge in [-0.3, -0.25) is 4.98 Å². The Morgan fingerprint density at radius 1 is 1.28 bits per heavy atom.